The molecule has 0 bridgehead atoms. The number of nitrogens with one attached hydrogen (secondary N) is 2. The van der Waals surface area contributed by atoms with Crippen molar-refractivity contribution in [3.05, 3.63) is 113 Å². The van der Waals surface area contributed by atoms with E-state index in [1.54, 1.807) is 17.8 Å². The van der Waals surface area contributed by atoms with E-state index in [1.807, 2.05) is 72.8 Å². The van der Waals surface area contributed by atoms with Crippen LogP contribution >= 0.6 is 0 Å². The number of aromatic amines is 1. The van der Waals surface area contributed by atoms with Crippen LogP contribution in [0, 0.1) is 0 Å². The van der Waals surface area contributed by atoms with E-state index in [2.05, 4.69) is 33.6 Å². The first-order chi connectivity index (χ1) is 18.2. The molecule has 2 aromatic carbocycles. The highest BCUT2D eigenvalue weighted by atomic mass is 16.5. The summed E-state index contributed by atoms with van der Waals surface area (Å²) in [5, 5.41) is 6.66. The number of H-pyrrole nitrogens is 1. The second-order valence-electron chi connectivity index (χ2n) is 8.74. The van der Waals surface area contributed by atoms with Crippen molar-refractivity contribution in [2.45, 2.75) is 12.8 Å². The van der Waals surface area contributed by atoms with Gasteiger partial charge in [-0.15, -0.1) is 0 Å². The molecule has 6 rings (SSSR count). The molecule has 0 aliphatic heterocycles. The Kier molecular flexibility index (Phi) is 5.86. The number of pyridine rings is 1. The fourth-order valence-corrected chi connectivity index (χ4v) is 4.62. The minimum absolute atomic E-state index is 0.211. The molecule has 5 aromatic rings. The minimum Gasteiger partial charge on any atom is -0.497 e. The lowest BCUT2D eigenvalue weighted by molar-refractivity contribution is 0.415. The molecule has 0 fully saturated rings. The van der Waals surface area contributed by atoms with Crippen LogP contribution < -0.4 is 15.6 Å². The van der Waals surface area contributed by atoms with Crippen molar-refractivity contribution in [2.24, 2.45) is 0 Å². The molecule has 0 saturated heterocycles. The summed E-state index contributed by atoms with van der Waals surface area (Å²) in [6.45, 7) is 0. The smallest absolute Gasteiger partial charge is 0.282 e. The van der Waals surface area contributed by atoms with Gasteiger partial charge in [-0.1, -0.05) is 66.8 Å². The van der Waals surface area contributed by atoms with E-state index in [1.165, 1.54) is 0 Å². The van der Waals surface area contributed by atoms with Crippen LogP contribution in [0.5, 0.6) is 5.75 Å². The van der Waals surface area contributed by atoms with Gasteiger partial charge >= 0.3 is 0 Å². The minimum atomic E-state index is -0.211. The molecule has 2 N–H and O–H groups in total. The third-order valence-corrected chi connectivity index (χ3v) is 6.42. The standard InChI is InChI=1S/C30H25N5O2/c1-37-23-17-15-21(16-18-23)26-28(32-24-14-8-9-19-31-24)33-29-25(20-10-4-2-5-11-20)27(34-35(29)30(26)36)22-12-6-3-7-13-22/h3-4,6-19,34H,2,5H2,1H3,(H,31,32). The fraction of sp³-hybridized carbons (Fsp3) is 0.100. The van der Waals surface area contributed by atoms with E-state index in [9.17, 15) is 4.79 Å². The molecule has 7 heteroatoms. The average Bonchev–Trinajstić information content (AvgIpc) is 3.35. The van der Waals surface area contributed by atoms with Crippen LogP contribution in [0.25, 0.3) is 33.6 Å². The number of hydrogen-bond donors (Lipinski definition) is 2. The molecular formula is C30H25N5O2. The Morgan fingerprint density at radius 2 is 1.73 bits per heavy atom. The molecule has 37 heavy (non-hydrogen) atoms. The molecule has 0 unspecified atom stereocenters. The number of benzene rings is 2. The molecule has 3 aromatic heterocycles. The molecule has 1 aliphatic carbocycles. The zero-order valence-corrected chi connectivity index (χ0v) is 20.3. The Hall–Kier alpha value is -4.91. The van der Waals surface area contributed by atoms with Gasteiger partial charge in [0.05, 0.1) is 23.9 Å². The van der Waals surface area contributed by atoms with Crippen molar-refractivity contribution in [1.82, 2.24) is 19.6 Å². The normalized spacial score (nSPS) is 12.9. The molecule has 7 nitrogen and oxygen atoms in total. The number of anilines is 2. The van der Waals surface area contributed by atoms with E-state index < -0.39 is 0 Å². The Morgan fingerprint density at radius 3 is 2.43 bits per heavy atom. The summed E-state index contributed by atoms with van der Waals surface area (Å²) < 4.78 is 6.87. The number of hydrogen-bond acceptors (Lipinski definition) is 5. The van der Waals surface area contributed by atoms with Gasteiger partial charge in [-0.25, -0.2) is 9.97 Å². The maximum Gasteiger partial charge on any atom is 0.282 e. The number of aromatic nitrogens is 4. The number of allylic oxidation sites excluding steroid dienone is 4. The summed E-state index contributed by atoms with van der Waals surface area (Å²) in [5.74, 6) is 1.75. The summed E-state index contributed by atoms with van der Waals surface area (Å²) in [5.41, 5.74) is 5.26. The molecule has 1 aliphatic rings. The first-order valence-corrected chi connectivity index (χ1v) is 12.2. The van der Waals surface area contributed by atoms with Gasteiger partial charge in [0.15, 0.2) is 5.65 Å². The van der Waals surface area contributed by atoms with E-state index in [-0.39, 0.29) is 5.56 Å². The van der Waals surface area contributed by atoms with Gasteiger partial charge in [0.1, 0.15) is 17.4 Å². The molecule has 0 saturated carbocycles. The summed E-state index contributed by atoms with van der Waals surface area (Å²) in [6.07, 6.45) is 10.1. The van der Waals surface area contributed by atoms with E-state index in [0.29, 0.717) is 28.6 Å². The van der Waals surface area contributed by atoms with Crippen molar-refractivity contribution in [1.29, 1.82) is 0 Å². The molecule has 3 heterocycles. The Morgan fingerprint density at radius 1 is 0.919 bits per heavy atom. The lowest BCUT2D eigenvalue weighted by Crippen LogP contribution is -2.20. The van der Waals surface area contributed by atoms with Gasteiger partial charge in [-0.3, -0.25) is 9.89 Å². The van der Waals surface area contributed by atoms with Gasteiger partial charge in [0.2, 0.25) is 0 Å². The lowest BCUT2D eigenvalue weighted by atomic mass is 9.96. The Labute approximate surface area is 213 Å². The van der Waals surface area contributed by atoms with Crippen molar-refractivity contribution in [3.8, 4) is 28.1 Å². The van der Waals surface area contributed by atoms with Crippen molar-refractivity contribution in [3.63, 3.8) is 0 Å². The predicted octanol–water partition coefficient (Wildman–Crippen LogP) is 6.24. The van der Waals surface area contributed by atoms with E-state index in [4.69, 9.17) is 9.72 Å². The number of rotatable bonds is 6. The summed E-state index contributed by atoms with van der Waals surface area (Å²) in [6, 6.07) is 23.0. The molecule has 0 atom stereocenters. The highest BCUT2D eigenvalue weighted by molar-refractivity contribution is 5.92. The van der Waals surface area contributed by atoms with Crippen LogP contribution in [0.4, 0.5) is 11.6 Å². The monoisotopic (exact) mass is 487 g/mol. The lowest BCUT2D eigenvalue weighted by Gasteiger charge is -2.12. The second kappa shape index (κ2) is 9.62. The van der Waals surface area contributed by atoms with E-state index >= 15 is 0 Å². The van der Waals surface area contributed by atoms with Gasteiger partial charge in [-0.2, -0.15) is 4.52 Å². The van der Waals surface area contributed by atoms with Gasteiger partial charge in [0.25, 0.3) is 5.56 Å². The van der Waals surface area contributed by atoms with Gasteiger partial charge < -0.3 is 10.1 Å². The van der Waals surface area contributed by atoms with Crippen LogP contribution in [0.2, 0.25) is 0 Å². The first-order valence-electron chi connectivity index (χ1n) is 12.2. The molecule has 0 radical (unpaired) electrons. The molecule has 0 spiro atoms. The van der Waals surface area contributed by atoms with Crippen LogP contribution in [-0.2, 0) is 0 Å². The average molecular weight is 488 g/mol. The zero-order chi connectivity index (χ0) is 25.2. The maximum atomic E-state index is 14.1. The van der Waals surface area contributed by atoms with Crippen LogP contribution in [0.15, 0.2) is 102 Å². The number of fused-ring (bicyclic) bond motifs is 1. The van der Waals surface area contributed by atoms with Crippen molar-refractivity contribution in [2.75, 3.05) is 12.4 Å². The SMILES string of the molecule is COc1ccc(-c2c(Nc3ccccn3)nc3c(C4=CCCC=C4)c(-c4ccccc4)[nH]n3c2=O)cc1. The summed E-state index contributed by atoms with van der Waals surface area (Å²) >= 11 is 0. The Bertz CT molecular complexity index is 1680. The van der Waals surface area contributed by atoms with Gasteiger partial charge in [-0.05, 0) is 48.2 Å². The van der Waals surface area contributed by atoms with Crippen molar-refractivity contribution >= 4 is 22.9 Å². The Balaban J connectivity index is 1.65. The quantitative estimate of drug-likeness (QED) is 0.296. The fourth-order valence-electron chi connectivity index (χ4n) is 4.62. The topological polar surface area (TPSA) is 84.3 Å². The van der Waals surface area contributed by atoms with Crippen LogP contribution in [0.3, 0.4) is 0 Å². The van der Waals surface area contributed by atoms with E-state index in [0.717, 1.165) is 40.8 Å². The summed E-state index contributed by atoms with van der Waals surface area (Å²) in [4.78, 5) is 23.6. The highest BCUT2D eigenvalue weighted by Gasteiger charge is 2.23. The molecule has 182 valence electrons. The van der Waals surface area contributed by atoms with Crippen LogP contribution in [-0.4, -0.2) is 26.7 Å². The zero-order valence-electron chi connectivity index (χ0n) is 20.3. The predicted molar refractivity (Wildman–Crippen MR) is 147 cm³/mol. The molecular weight excluding hydrogens is 462 g/mol. The van der Waals surface area contributed by atoms with Gasteiger partial charge in [0, 0.05) is 11.8 Å². The van der Waals surface area contributed by atoms with Crippen molar-refractivity contribution < 1.29 is 4.74 Å². The number of methoxy groups -OCH3 is 1. The first kappa shape index (κ1) is 22.5. The number of ether oxygens (including phenoxy) is 1. The van der Waals surface area contributed by atoms with Crippen LogP contribution in [0.1, 0.15) is 18.4 Å². The summed E-state index contributed by atoms with van der Waals surface area (Å²) in [7, 11) is 1.62. The maximum absolute atomic E-state index is 14.1. The third-order valence-electron chi connectivity index (χ3n) is 6.42. The third kappa shape index (κ3) is 4.21. The molecule has 0 amide bonds. The largest absolute Gasteiger partial charge is 0.497 e. The second-order valence-corrected chi connectivity index (χ2v) is 8.74. The number of nitrogens with zero attached hydrogens (tertiary/aromatic N) is 3. The highest BCUT2D eigenvalue weighted by Crippen LogP contribution is 2.35.